The lowest BCUT2D eigenvalue weighted by molar-refractivity contribution is -0.143. The second-order valence-corrected chi connectivity index (χ2v) is 8.90. The van der Waals surface area contributed by atoms with Gasteiger partial charge in [0.15, 0.2) is 6.61 Å². The smallest absolute Gasteiger partial charge is 0.261 e. The number of halogens is 1. The molecule has 0 spiro atoms. The Morgan fingerprint density at radius 2 is 1.76 bits per heavy atom. The minimum Gasteiger partial charge on any atom is -0.483 e. The molecule has 1 atom stereocenters. The molecular formula is C27H31BrN2O3. The predicted molar refractivity (Wildman–Crippen MR) is 136 cm³/mol. The van der Waals surface area contributed by atoms with E-state index < -0.39 is 6.04 Å². The molecule has 3 aromatic rings. The molecule has 0 aliphatic rings. The first kappa shape index (κ1) is 24.8. The number of nitrogens with one attached hydrogen (secondary N) is 1. The standard InChI is InChI=1S/C27H31BrN2O3/c1-4-16-29-27(32)23(5-2)30(17-20-12-10-19(3)11-13-20)25(31)18-33-24-15-14-21-8-6-7-9-22(21)26(24)28/h6-15,23H,4-5,16-18H2,1-3H3,(H,29,32). The molecule has 1 N–H and O–H groups in total. The van der Waals surface area contributed by atoms with Crippen molar-refractivity contribution < 1.29 is 14.3 Å². The Bertz CT molecular complexity index is 1100. The van der Waals surface area contributed by atoms with Gasteiger partial charge in [0.1, 0.15) is 11.8 Å². The third kappa shape index (κ3) is 6.35. The molecule has 174 valence electrons. The molecule has 3 aromatic carbocycles. The van der Waals surface area contributed by atoms with Crippen LogP contribution in [0, 0.1) is 6.92 Å². The highest BCUT2D eigenvalue weighted by molar-refractivity contribution is 9.10. The van der Waals surface area contributed by atoms with E-state index in [1.54, 1.807) is 4.90 Å². The molecule has 5 nitrogen and oxygen atoms in total. The van der Waals surface area contributed by atoms with Crippen molar-refractivity contribution in [1.29, 1.82) is 0 Å². The lowest BCUT2D eigenvalue weighted by atomic mass is 10.1. The van der Waals surface area contributed by atoms with E-state index in [-0.39, 0.29) is 18.4 Å². The SMILES string of the molecule is CCCNC(=O)C(CC)N(Cc1ccc(C)cc1)C(=O)COc1ccc2ccccc2c1Br. The Hall–Kier alpha value is -2.86. The average molecular weight is 511 g/mol. The van der Waals surface area contributed by atoms with Gasteiger partial charge in [0.25, 0.3) is 5.91 Å². The second-order valence-electron chi connectivity index (χ2n) is 8.11. The molecule has 1 unspecified atom stereocenters. The lowest BCUT2D eigenvalue weighted by Gasteiger charge is -2.30. The molecule has 2 amide bonds. The highest BCUT2D eigenvalue weighted by Gasteiger charge is 2.29. The largest absolute Gasteiger partial charge is 0.483 e. The van der Waals surface area contributed by atoms with Crippen molar-refractivity contribution in [2.75, 3.05) is 13.2 Å². The van der Waals surface area contributed by atoms with Crippen LogP contribution in [0.2, 0.25) is 0 Å². The van der Waals surface area contributed by atoms with E-state index in [4.69, 9.17) is 4.74 Å². The van der Waals surface area contributed by atoms with E-state index in [1.165, 1.54) is 0 Å². The summed E-state index contributed by atoms with van der Waals surface area (Å²) in [5.41, 5.74) is 2.12. The van der Waals surface area contributed by atoms with Gasteiger partial charge >= 0.3 is 0 Å². The Morgan fingerprint density at radius 3 is 2.45 bits per heavy atom. The Balaban J connectivity index is 1.81. The van der Waals surface area contributed by atoms with Crippen LogP contribution >= 0.6 is 15.9 Å². The monoisotopic (exact) mass is 510 g/mol. The molecule has 0 aromatic heterocycles. The molecular weight excluding hydrogens is 480 g/mol. The summed E-state index contributed by atoms with van der Waals surface area (Å²) in [5, 5.41) is 5.04. The van der Waals surface area contributed by atoms with Crippen molar-refractivity contribution in [2.45, 2.75) is 46.2 Å². The van der Waals surface area contributed by atoms with Gasteiger partial charge in [0.2, 0.25) is 5.91 Å². The van der Waals surface area contributed by atoms with Crippen LogP contribution in [0.4, 0.5) is 0 Å². The van der Waals surface area contributed by atoms with Crippen molar-refractivity contribution in [3.8, 4) is 5.75 Å². The topological polar surface area (TPSA) is 58.6 Å². The quantitative estimate of drug-likeness (QED) is 0.384. The maximum Gasteiger partial charge on any atom is 0.261 e. The highest BCUT2D eigenvalue weighted by Crippen LogP contribution is 2.33. The van der Waals surface area contributed by atoms with Gasteiger partial charge in [-0.1, -0.05) is 74.0 Å². The minimum absolute atomic E-state index is 0.133. The summed E-state index contributed by atoms with van der Waals surface area (Å²) in [7, 11) is 0. The van der Waals surface area contributed by atoms with Crippen molar-refractivity contribution in [2.24, 2.45) is 0 Å². The number of benzene rings is 3. The summed E-state index contributed by atoms with van der Waals surface area (Å²) in [6, 6.07) is 19.3. The zero-order chi connectivity index (χ0) is 23.8. The van der Waals surface area contributed by atoms with E-state index in [9.17, 15) is 9.59 Å². The first-order valence-electron chi connectivity index (χ1n) is 11.4. The lowest BCUT2D eigenvalue weighted by Crippen LogP contribution is -2.50. The normalized spacial score (nSPS) is 11.8. The van der Waals surface area contributed by atoms with Crippen LogP contribution in [0.1, 0.15) is 37.8 Å². The van der Waals surface area contributed by atoms with Gasteiger partial charge in [0, 0.05) is 13.1 Å². The first-order valence-corrected chi connectivity index (χ1v) is 12.2. The molecule has 0 saturated heterocycles. The molecule has 0 radical (unpaired) electrons. The first-order chi connectivity index (χ1) is 15.9. The summed E-state index contributed by atoms with van der Waals surface area (Å²) in [5.74, 6) is 0.238. The Labute approximate surface area is 204 Å². The van der Waals surface area contributed by atoms with E-state index in [1.807, 2.05) is 81.4 Å². The van der Waals surface area contributed by atoms with Crippen LogP contribution in [0.25, 0.3) is 10.8 Å². The number of aryl methyl sites for hydroxylation is 1. The predicted octanol–water partition coefficient (Wildman–Crippen LogP) is 5.62. The van der Waals surface area contributed by atoms with Crippen molar-refractivity contribution in [3.05, 3.63) is 76.3 Å². The van der Waals surface area contributed by atoms with E-state index in [0.717, 1.165) is 32.8 Å². The zero-order valence-corrected chi connectivity index (χ0v) is 21.0. The van der Waals surface area contributed by atoms with Gasteiger partial charge in [0.05, 0.1) is 4.47 Å². The second kappa shape index (κ2) is 11.8. The van der Waals surface area contributed by atoms with Crippen molar-refractivity contribution >= 4 is 38.5 Å². The van der Waals surface area contributed by atoms with E-state index in [0.29, 0.717) is 25.3 Å². The van der Waals surface area contributed by atoms with Gasteiger partial charge in [-0.15, -0.1) is 0 Å². The molecule has 0 aliphatic heterocycles. The molecule has 0 aliphatic carbocycles. The third-order valence-corrected chi connectivity index (χ3v) is 6.41. The molecule has 33 heavy (non-hydrogen) atoms. The number of ether oxygens (including phenoxy) is 1. The number of rotatable bonds is 10. The van der Waals surface area contributed by atoms with Gasteiger partial charge in [-0.3, -0.25) is 9.59 Å². The minimum atomic E-state index is -0.561. The molecule has 3 rings (SSSR count). The fourth-order valence-electron chi connectivity index (χ4n) is 3.72. The summed E-state index contributed by atoms with van der Waals surface area (Å²) < 4.78 is 6.74. The van der Waals surface area contributed by atoms with Crippen LogP contribution < -0.4 is 10.1 Å². The number of hydrogen-bond donors (Lipinski definition) is 1. The molecule has 0 saturated carbocycles. The van der Waals surface area contributed by atoms with Crippen LogP contribution in [-0.4, -0.2) is 35.9 Å². The summed E-state index contributed by atoms with van der Waals surface area (Å²) >= 11 is 3.61. The Kier molecular flexibility index (Phi) is 8.89. The summed E-state index contributed by atoms with van der Waals surface area (Å²) in [6.45, 7) is 6.73. The Morgan fingerprint density at radius 1 is 1.03 bits per heavy atom. The van der Waals surface area contributed by atoms with E-state index in [2.05, 4.69) is 21.2 Å². The number of nitrogens with zero attached hydrogens (tertiary/aromatic N) is 1. The molecule has 0 heterocycles. The van der Waals surface area contributed by atoms with Crippen LogP contribution in [-0.2, 0) is 16.1 Å². The van der Waals surface area contributed by atoms with Gasteiger partial charge in [-0.2, -0.15) is 0 Å². The van der Waals surface area contributed by atoms with Gasteiger partial charge in [-0.05, 0) is 58.1 Å². The molecule has 0 bridgehead atoms. The average Bonchev–Trinajstić information content (AvgIpc) is 2.83. The van der Waals surface area contributed by atoms with Gasteiger partial charge in [-0.25, -0.2) is 0 Å². The summed E-state index contributed by atoms with van der Waals surface area (Å²) in [4.78, 5) is 27.8. The third-order valence-electron chi connectivity index (χ3n) is 5.59. The number of fused-ring (bicyclic) bond motifs is 1. The maximum absolute atomic E-state index is 13.3. The van der Waals surface area contributed by atoms with Crippen LogP contribution in [0.5, 0.6) is 5.75 Å². The number of carbonyl (C=O) groups is 2. The molecule has 0 fully saturated rings. The highest BCUT2D eigenvalue weighted by atomic mass is 79.9. The summed E-state index contributed by atoms with van der Waals surface area (Å²) in [6.07, 6.45) is 1.36. The van der Waals surface area contributed by atoms with Crippen molar-refractivity contribution in [3.63, 3.8) is 0 Å². The number of amides is 2. The maximum atomic E-state index is 13.3. The zero-order valence-electron chi connectivity index (χ0n) is 19.4. The number of hydrogen-bond acceptors (Lipinski definition) is 3. The van der Waals surface area contributed by atoms with Crippen molar-refractivity contribution in [1.82, 2.24) is 10.2 Å². The van der Waals surface area contributed by atoms with Gasteiger partial charge < -0.3 is 15.0 Å². The fraction of sp³-hybridized carbons (Fsp3) is 0.333. The van der Waals surface area contributed by atoms with Crippen LogP contribution in [0.3, 0.4) is 0 Å². The van der Waals surface area contributed by atoms with E-state index >= 15 is 0 Å². The number of carbonyl (C=O) groups excluding carboxylic acids is 2. The fourth-order valence-corrected chi connectivity index (χ4v) is 4.33. The molecule has 6 heteroatoms. The van der Waals surface area contributed by atoms with Crippen LogP contribution in [0.15, 0.2) is 65.1 Å².